The molecule has 4 N–H and O–H groups in total. The second kappa shape index (κ2) is 10.3. The van der Waals surface area contributed by atoms with E-state index in [4.69, 9.17) is 20.4 Å². The van der Waals surface area contributed by atoms with Crippen LogP contribution in [0.2, 0.25) is 0 Å². The number of hydrogen-bond acceptors (Lipinski definition) is 9. The molecule has 3 aromatic rings. The molecular formula is C26H34N8O3. The molecule has 1 saturated heterocycles. The molecule has 1 atom stereocenters. The van der Waals surface area contributed by atoms with Crippen LogP contribution in [0.5, 0.6) is 5.75 Å². The summed E-state index contributed by atoms with van der Waals surface area (Å²) in [5.41, 5.74) is 10.6. The average molecular weight is 507 g/mol. The highest BCUT2D eigenvalue weighted by Crippen LogP contribution is 2.33. The lowest BCUT2D eigenvalue weighted by Crippen LogP contribution is -2.40. The Balaban J connectivity index is 1.46. The number of nitrogens with two attached hydrogens (primary N) is 1. The number of aryl methyl sites for hydroxylation is 1. The van der Waals surface area contributed by atoms with Crippen LogP contribution < -0.4 is 20.7 Å². The van der Waals surface area contributed by atoms with Gasteiger partial charge in [-0.15, -0.1) is 0 Å². The molecule has 1 aromatic carbocycles. The summed E-state index contributed by atoms with van der Waals surface area (Å²) in [5, 5.41) is 13.2. The number of amides is 1. The SMILES string of the molecule is COc1cc(-n2cnc(Nc3nc4c(c(N5CCC[C@H]5CO)n3)CCN(CC(N)=O)C4)c2)cc(C)c1C. The molecule has 5 rings (SSSR count). The summed E-state index contributed by atoms with van der Waals surface area (Å²) in [5.74, 6) is 2.35. The van der Waals surface area contributed by atoms with Crippen molar-refractivity contribution in [3.63, 3.8) is 0 Å². The number of anilines is 3. The third-order valence-electron chi connectivity index (χ3n) is 7.31. The number of carbonyl (C=O) groups excluding carboxylic acids is 1. The van der Waals surface area contributed by atoms with E-state index in [1.807, 2.05) is 28.7 Å². The quantitative estimate of drug-likeness (QED) is 0.418. The van der Waals surface area contributed by atoms with Gasteiger partial charge in [0.1, 0.15) is 17.9 Å². The van der Waals surface area contributed by atoms with E-state index in [0.29, 0.717) is 24.9 Å². The molecule has 37 heavy (non-hydrogen) atoms. The van der Waals surface area contributed by atoms with Gasteiger partial charge >= 0.3 is 0 Å². The lowest BCUT2D eigenvalue weighted by atomic mass is 10.0. The molecular weight excluding hydrogens is 472 g/mol. The number of hydrogen-bond donors (Lipinski definition) is 3. The van der Waals surface area contributed by atoms with Crippen LogP contribution in [-0.4, -0.2) is 74.8 Å². The van der Waals surface area contributed by atoms with E-state index in [1.54, 1.807) is 13.4 Å². The van der Waals surface area contributed by atoms with Crippen molar-refractivity contribution in [2.24, 2.45) is 5.73 Å². The highest BCUT2D eigenvalue weighted by atomic mass is 16.5. The minimum atomic E-state index is -0.357. The number of carbonyl (C=O) groups is 1. The van der Waals surface area contributed by atoms with Crippen LogP contribution in [0.25, 0.3) is 5.69 Å². The monoisotopic (exact) mass is 506 g/mol. The molecule has 1 fully saturated rings. The van der Waals surface area contributed by atoms with Crippen LogP contribution in [-0.2, 0) is 17.8 Å². The normalized spacial score (nSPS) is 17.6. The standard InChI is InChI=1S/C26H34N8O3/c1-16-9-19(10-22(37-3)17(16)2)33-13-24(28-15-33)30-26-29-21-11-32(12-23(27)36)8-6-20(21)25(31-26)34-7-4-5-18(34)14-35/h9-10,13,15,18,35H,4-8,11-12,14H2,1-3H3,(H2,27,36)(H,29,30,31)/t18-/m0/s1. The van der Waals surface area contributed by atoms with Crippen LogP contribution in [0.3, 0.4) is 0 Å². The number of primary amides is 1. The predicted octanol–water partition coefficient (Wildman–Crippen LogP) is 1.84. The number of aliphatic hydroxyl groups excluding tert-OH is 1. The van der Waals surface area contributed by atoms with E-state index in [0.717, 1.165) is 65.4 Å². The molecule has 0 unspecified atom stereocenters. The first-order chi connectivity index (χ1) is 17.9. The lowest BCUT2D eigenvalue weighted by molar-refractivity contribution is -0.119. The predicted molar refractivity (Wildman–Crippen MR) is 141 cm³/mol. The van der Waals surface area contributed by atoms with Crippen LogP contribution in [0.15, 0.2) is 24.7 Å². The second-order valence-corrected chi connectivity index (χ2v) is 9.78. The Labute approximate surface area is 216 Å². The topological polar surface area (TPSA) is 135 Å². The van der Waals surface area contributed by atoms with Gasteiger partial charge in [0.25, 0.3) is 0 Å². The zero-order valence-corrected chi connectivity index (χ0v) is 21.6. The minimum absolute atomic E-state index is 0.0365. The second-order valence-electron chi connectivity index (χ2n) is 9.78. The fourth-order valence-electron chi connectivity index (χ4n) is 5.23. The zero-order chi connectivity index (χ0) is 26.1. The molecule has 196 valence electrons. The number of benzene rings is 1. The Kier molecular flexibility index (Phi) is 6.98. The average Bonchev–Trinajstić information content (AvgIpc) is 3.54. The van der Waals surface area contributed by atoms with Crippen molar-refractivity contribution < 1.29 is 14.6 Å². The first-order valence-corrected chi connectivity index (χ1v) is 12.6. The van der Waals surface area contributed by atoms with Crippen LogP contribution in [0.1, 0.15) is 35.2 Å². The lowest BCUT2D eigenvalue weighted by Gasteiger charge is -2.32. The van der Waals surface area contributed by atoms with Gasteiger partial charge in [0.05, 0.1) is 43.9 Å². The van der Waals surface area contributed by atoms with Gasteiger partial charge in [0.15, 0.2) is 5.82 Å². The number of fused-ring (bicyclic) bond motifs is 1. The fraction of sp³-hybridized carbons (Fsp3) is 0.462. The van der Waals surface area contributed by atoms with E-state index >= 15 is 0 Å². The third-order valence-corrected chi connectivity index (χ3v) is 7.31. The van der Waals surface area contributed by atoms with Gasteiger partial charge in [-0.3, -0.25) is 9.69 Å². The number of nitrogens with one attached hydrogen (secondary N) is 1. The first-order valence-electron chi connectivity index (χ1n) is 12.6. The van der Waals surface area contributed by atoms with Crippen molar-refractivity contribution in [2.45, 2.75) is 45.7 Å². The van der Waals surface area contributed by atoms with Gasteiger partial charge in [-0.05, 0) is 50.3 Å². The maximum Gasteiger partial charge on any atom is 0.231 e. The molecule has 0 bridgehead atoms. The molecule has 0 saturated carbocycles. The maximum absolute atomic E-state index is 11.5. The van der Waals surface area contributed by atoms with E-state index in [2.05, 4.69) is 28.2 Å². The summed E-state index contributed by atoms with van der Waals surface area (Å²) in [6, 6.07) is 4.11. The van der Waals surface area contributed by atoms with Crippen LogP contribution in [0.4, 0.5) is 17.6 Å². The smallest absolute Gasteiger partial charge is 0.231 e. The van der Waals surface area contributed by atoms with Crippen molar-refractivity contribution in [2.75, 3.05) is 43.6 Å². The number of imidazole rings is 1. The molecule has 4 heterocycles. The summed E-state index contributed by atoms with van der Waals surface area (Å²) in [4.78, 5) is 29.9. The Morgan fingerprint density at radius 2 is 2.11 bits per heavy atom. The van der Waals surface area contributed by atoms with E-state index in [1.165, 1.54) is 0 Å². The molecule has 2 aliphatic heterocycles. The number of nitrogens with zero attached hydrogens (tertiary/aromatic N) is 6. The largest absolute Gasteiger partial charge is 0.496 e. The van der Waals surface area contributed by atoms with Gasteiger partial charge in [-0.1, -0.05) is 0 Å². The zero-order valence-electron chi connectivity index (χ0n) is 21.6. The number of methoxy groups -OCH3 is 1. The van der Waals surface area contributed by atoms with E-state index in [-0.39, 0.29) is 25.1 Å². The summed E-state index contributed by atoms with van der Waals surface area (Å²) in [6.45, 7) is 6.42. The molecule has 2 aromatic heterocycles. The summed E-state index contributed by atoms with van der Waals surface area (Å²) in [6.07, 6.45) is 6.27. The van der Waals surface area contributed by atoms with Gasteiger partial charge in [-0.25, -0.2) is 9.97 Å². The van der Waals surface area contributed by atoms with Gasteiger partial charge in [-0.2, -0.15) is 4.98 Å². The molecule has 2 aliphatic rings. The Bertz CT molecular complexity index is 1310. The molecule has 11 nitrogen and oxygen atoms in total. The van der Waals surface area contributed by atoms with Gasteiger partial charge in [0.2, 0.25) is 11.9 Å². The summed E-state index contributed by atoms with van der Waals surface area (Å²) in [7, 11) is 1.67. The minimum Gasteiger partial charge on any atom is -0.496 e. The van der Waals surface area contributed by atoms with Gasteiger partial charge in [0, 0.05) is 31.3 Å². The number of aromatic nitrogens is 4. The highest BCUT2D eigenvalue weighted by molar-refractivity contribution is 5.76. The summed E-state index contributed by atoms with van der Waals surface area (Å²) < 4.78 is 7.46. The Morgan fingerprint density at radius 1 is 1.27 bits per heavy atom. The Hall–Kier alpha value is -3.70. The Morgan fingerprint density at radius 3 is 2.86 bits per heavy atom. The van der Waals surface area contributed by atoms with Crippen molar-refractivity contribution in [3.8, 4) is 11.4 Å². The number of rotatable bonds is 8. The summed E-state index contributed by atoms with van der Waals surface area (Å²) >= 11 is 0. The van der Waals surface area contributed by atoms with Crippen LogP contribution >= 0.6 is 0 Å². The van der Waals surface area contributed by atoms with E-state index < -0.39 is 0 Å². The van der Waals surface area contributed by atoms with Crippen molar-refractivity contribution >= 4 is 23.5 Å². The fourth-order valence-corrected chi connectivity index (χ4v) is 5.23. The van der Waals surface area contributed by atoms with E-state index in [9.17, 15) is 9.90 Å². The number of ether oxygens (including phenoxy) is 1. The molecule has 1 amide bonds. The van der Waals surface area contributed by atoms with Crippen molar-refractivity contribution in [3.05, 3.63) is 47.0 Å². The molecule has 0 aliphatic carbocycles. The van der Waals surface area contributed by atoms with Crippen molar-refractivity contribution in [1.29, 1.82) is 0 Å². The maximum atomic E-state index is 11.5. The van der Waals surface area contributed by atoms with Crippen molar-refractivity contribution in [1.82, 2.24) is 24.4 Å². The van der Waals surface area contributed by atoms with Gasteiger partial charge < -0.3 is 30.4 Å². The third kappa shape index (κ3) is 5.09. The molecule has 11 heteroatoms. The molecule has 0 spiro atoms. The molecule has 0 radical (unpaired) electrons. The first kappa shape index (κ1) is 25.0. The van der Waals surface area contributed by atoms with Crippen LogP contribution in [0, 0.1) is 13.8 Å². The number of aliphatic hydroxyl groups is 1. The highest BCUT2D eigenvalue weighted by Gasteiger charge is 2.31.